The van der Waals surface area contributed by atoms with Crippen molar-refractivity contribution in [2.45, 2.75) is 0 Å². The Bertz CT molecular complexity index is 423. The summed E-state index contributed by atoms with van der Waals surface area (Å²) in [5, 5.41) is 0.690. The van der Waals surface area contributed by atoms with Gasteiger partial charge in [-0.2, -0.15) is 0 Å². The van der Waals surface area contributed by atoms with E-state index in [0.717, 1.165) is 5.75 Å². The molecule has 0 bridgehead atoms. The van der Waals surface area contributed by atoms with Crippen LogP contribution in [-0.2, 0) is 16.5 Å². The van der Waals surface area contributed by atoms with Gasteiger partial charge in [0.25, 0.3) is 0 Å². The Hall–Kier alpha value is 1.19. The van der Waals surface area contributed by atoms with Crippen molar-refractivity contribution in [2.75, 3.05) is 33.4 Å². The van der Waals surface area contributed by atoms with Gasteiger partial charge in [-0.1, -0.05) is 23.9 Å². The topological polar surface area (TPSA) is 44.8 Å². The molecule has 1 fully saturated rings. The van der Waals surface area contributed by atoms with Crippen LogP contribution in [0.25, 0.3) is 0 Å². The average Bonchev–Trinajstić information content (AvgIpc) is 2.40. The average molecular weight is 311 g/mol. The summed E-state index contributed by atoms with van der Waals surface area (Å²) in [5.41, 5.74) is 0. The molecule has 1 saturated heterocycles. The molecule has 7 heteroatoms. The standard InChI is InChI=1S/C11H16NO3PS.K/c1-14-10-2-4-11(5-3-10)16(13,17)12-6-8-15-9-7-12;/h2-5H,6-9H2,1H3,(H,13,17);/q;+1/p-1. The maximum Gasteiger partial charge on any atom is 1.00 e. The Kier molecular flexibility index (Phi) is 7.50. The zero-order chi connectivity index (χ0) is 12.3. The molecule has 1 aliphatic heterocycles. The van der Waals surface area contributed by atoms with Gasteiger partial charge in [0, 0.05) is 13.1 Å². The van der Waals surface area contributed by atoms with Gasteiger partial charge in [0.15, 0.2) is 0 Å². The molecule has 1 aromatic carbocycles. The molecule has 4 nitrogen and oxygen atoms in total. The number of ether oxygens (including phenoxy) is 2. The molecule has 18 heavy (non-hydrogen) atoms. The van der Waals surface area contributed by atoms with Crippen molar-refractivity contribution < 1.29 is 65.8 Å². The zero-order valence-electron chi connectivity index (χ0n) is 10.7. The SMILES string of the molecule is COc1ccc(P([O-])(=S)N2CCOCC2)cc1.[K+]. The second-order valence-electron chi connectivity index (χ2n) is 3.78. The zero-order valence-corrected chi connectivity index (χ0v) is 15.5. The Morgan fingerprint density at radius 2 is 1.83 bits per heavy atom. The van der Waals surface area contributed by atoms with E-state index in [1.165, 1.54) is 0 Å². The van der Waals surface area contributed by atoms with Crippen molar-refractivity contribution in [3.63, 3.8) is 0 Å². The molecule has 0 aromatic heterocycles. The molecule has 1 aromatic rings. The van der Waals surface area contributed by atoms with E-state index in [9.17, 15) is 4.89 Å². The molecular weight excluding hydrogens is 296 g/mol. The summed E-state index contributed by atoms with van der Waals surface area (Å²) in [4.78, 5) is 12.6. The first-order chi connectivity index (χ1) is 8.14. The molecule has 0 spiro atoms. The summed E-state index contributed by atoms with van der Waals surface area (Å²) >= 11 is 5.29. The third kappa shape index (κ3) is 4.09. The van der Waals surface area contributed by atoms with Crippen LogP contribution in [0.15, 0.2) is 24.3 Å². The third-order valence-electron chi connectivity index (χ3n) is 2.76. The normalized spacial score (nSPS) is 19.7. The van der Waals surface area contributed by atoms with Gasteiger partial charge in [0.05, 0.1) is 20.3 Å². The van der Waals surface area contributed by atoms with Crippen LogP contribution >= 0.6 is 6.42 Å². The summed E-state index contributed by atoms with van der Waals surface area (Å²) in [5.74, 6) is 0.741. The number of morpholine rings is 1. The number of rotatable bonds is 3. The summed E-state index contributed by atoms with van der Waals surface area (Å²) in [6.07, 6.45) is -2.87. The Labute approximate surface area is 155 Å². The van der Waals surface area contributed by atoms with Crippen LogP contribution in [0.4, 0.5) is 0 Å². The Morgan fingerprint density at radius 1 is 1.28 bits per heavy atom. The van der Waals surface area contributed by atoms with Crippen LogP contribution in [0.3, 0.4) is 0 Å². The number of benzene rings is 1. The van der Waals surface area contributed by atoms with Crippen molar-refractivity contribution in [2.24, 2.45) is 0 Å². The van der Waals surface area contributed by atoms with Crippen molar-refractivity contribution in [1.29, 1.82) is 0 Å². The van der Waals surface area contributed by atoms with E-state index in [1.54, 1.807) is 31.4 Å². The first-order valence-corrected chi connectivity index (χ1v) is 8.11. The Morgan fingerprint density at radius 3 is 2.33 bits per heavy atom. The molecular formula is C11H15KNO3PS. The third-order valence-corrected chi connectivity index (χ3v) is 6.18. The van der Waals surface area contributed by atoms with Gasteiger partial charge in [-0.15, -0.1) is 0 Å². The van der Waals surface area contributed by atoms with Gasteiger partial charge in [-0.3, -0.25) is 4.67 Å². The van der Waals surface area contributed by atoms with Crippen molar-refractivity contribution >= 4 is 23.5 Å². The minimum absolute atomic E-state index is 0. The van der Waals surface area contributed by atoms with Crippen LogP contribution in [-0.4, -0.2) is 38.1 Å². The van der Waals surface area contributed by atoms with E-state index in [1.807, 2.05) is 4.67 Å². The smallest absolute Gasteiger partial charge is 0.807 e. The molecule has 1 atom stereocenters. The molecule has 0 N–H and O–H groups in total. The van der Waals surface area contributed by atoms with Gasteiger partial charge in [0.2, 0.25) is 0 Å². The number of hydrogen-bond acceptors (Lipinski definition) is 4. The van der Waals surface area contributed by atoms with E-state index in [2.05, 4.69) is 0 Å². The van der Waals surface area contributed by atoms with E-state index in [4.69, 9.17) is 21.3 Å². The number of nitrogens with zero attached hydrogens (tertiary/aromatic N) is 1. The fourth-order valence-electron chi connectivity index (χ4n) is 1.75. The van der Waals surface area contributed by atoms with E-state index < -0.39 is 6.42 Å². The maximum absolute atomic E-state index is 12.6. The van der Waals surface area contributed by atoms with Crippen molar-refractivity contribution in [3.8, 4) is 5.75 Å². The fourth-order valence-corrected chi connectivity index (χ4v) is 4.15. The molecule has 1 heterocycles. The van der Waals surface area contributed by atoms with Crippen molar-refractivity contribution in [3.05, 3.63) is 24.3 Å². The molecule has 0 radical (unpaired) electrons. The van der Waals surface area contributed by atoms with Gasteiger partial charge in [-0.25, -0.2) is 0 Å². The molecule has 1 aliphatic rings. The van der Waals surface area contributed by atoms with E-state index in [0.29, 0.717) is 31.6 Å². The van der Waals surface area contributed by atoms with Crippen LogP contribution in [0, 0.1) is 0 Å². The van der Waals surface area contributed by atoms with Crippen LogP contribution in [0.5, 0.6) is 5.75 Å². The molecule has 0 aliphatic carbocycles. The summed E-state index contributed by atoms with van der Waals surface area (Å²) in [7, 11) is 1.60. The first-order valence-electron chi connectivity index (χ1n) is 5.43. The van der Waals surface area contributed by atoms with Gasteiger partial charge in [0.1, 0.15) is 5.75 Å². The quantitative estimate of drug-likeness (QED) is 0.450. The monoisotopic (exact) mass is 311 g/mol. The molecule has 0 amide bonds. The second kappa shape index (κ2) is 7.83. The van der Waals surface area contributed by atoms with Crippen LogP contribution in [0.1, 0.15) is 0 Å². The maximum atomic E-state index is 12.6. The van der Waals surface area contributed by atoms with E-state index in [-0.39, 0.29) is 51.4 Å². The summed E-state index contributed by atoms with van der Waals surface area (Å²) in [6, 6.07) is 7.13. The predicted octanol–water partition coefficient (Wildman–Crippen LogP) is -2.67. The van der Waals surface area contributed by atoms with Gasteiger partial charge in [-0.05, 0) is 23.9 Å². The predicted molar refractivity (Wildman–Crippen MR) is 69.3 cm³/mol. The summed E-state index contributed by atoms with van der Waals surface area (Å²) < 4.78 is 12.1. The van der Waals surface area contributed by atoms with Gasteiger partial charge < -0.3 is 14.4 Å². The molecule has 2 rings (SSSR count). The summed E-state index contributed by atoms with van der Waals surface area (Å²) in [6.45, 7) is 2.45. The minimum atomic E-state index is -2.87. The number of hydrogen-bond donors (Lipinski definition) is 0. The largest absolute Gasteiger partial charge is 1.00 e. The van der Waals surface area contributed by atoms with Crippen LogP contribution in [0.2, 0.25) is 0 Å². The van der Waals surface area contributed by atoms with E-state index >= 15 is 0 Å². The number of methoxy groups -OCH3 is 1. The molecule has 94 valence electrons. The molecule has 1 unspecified atom stereocenters. The fraction of sp³-hybridized carbons (Fsp3) is 0.455. The Balaban J connectivity index is 0.00000162. The minimum Gasteiger partial charge on any atom is -0.807 e. The second-order valence-corrected chi connectivity index (χ2v) is 7.39. The van der Waals surface area contributed by atoms with Crippen molar-refractivity contribution in [1.82, 2.24) is 4.67 Å². The van der Waals surface area contributed by atoms with Crippen LogP contribution < -0.4 is 66.3 Å². The first kappa shape index (κ1) is 17.2. The molecule has 0 saturated carbocycles. The van der Waals surface area contributed by atoms with Gasteiger partial charge >= 0.3 is 51.4 Å².